The van der Waals surface area contributed by atoms with E-state index in [9.17, 15) is 9.59 Å². The number of nitrogens with one attached hydrogen (secondary N) is 2. The molecule has 2 aromatic rings. The van der Waals surface area contributed by atoms with Crippen LogP contribution in [0.5, 0.6) is 0 Å². The molecule has 1 fully saturated rings. The maximum Gasteiger partial charge on any atom is 0.231 e. The summed E-state index contributed by atoms with van der Waals surface area (Å²) in [6.45, 7) is 4.40. The van der Waals surface area contributed by atoms with Crippen LogP contribution in [0.15, 0.2) is 54.6 Å². The molecule has 3 rings (SSSR count). The predicted molar refractivity (Wildman–Crippen MR) is 116 cm³/mol. The molecule has 0 atom stereocenters. The van der Waals surface area contributed by atoms with Gasteiger partial charge in [-0.25, -0.2) is 0 Å². The first-order valence-electron chi connectivity index (χ1n) is 9.63. The molecule has 2 N–H and O–H groups in total. The number of para-hydroxylation sites is 1. The standard InChI is InChI=1S/C22H27N3O2.ClH/c1-2-25(20-6-4-3-5-7-20)21(26)16-17-8-10-19(11-9-17)24-22(27)18-12-14-23-15-13-18;/h3-11,18,23H,2,12-16H2,1H3,(H,24,27);1H. The quantitative estimate of drug-likeness (QED) is 0.776. The Balaban J connectivity index is 0.00000280. The van der Waals surface area contributed by atoms with Crippen LogP contribution >= 0.6 is 12.4 Å². The van der Waals surface area contributed by atoms with E-state index in [1.165, 1.54) is 0 Å². The van der Waals surface area contributed by atoms with Crippen LogP contribution in [0, 0.1) is 5.92 Å². The fraction of sp³-hybridized carbons (Fsp3) is 0.364. The lowest BCUT2D eigenvalue weighted by molar-refractivity contribution is -0.120. The second-order valence-electron chi connectivity index (χ2n) is 6.86. The van der Waals surface area contributed by atoms with Gasteiger partial charge in [0, 0.05) is 23.8 Å². The third-order valence-corrected chi connectivity index (χ3v) is 4.97. The molecule has 0 aliphatic carbocycles. The lowest BCUT2D eigenvalue weighted by Crippen LogP contribution is -2.34. The number of hydrogen-bond acceptors (Lipinski definition) is 3. The zero-order valence-electron chi connectivity index (χ0n) is 16.2. The maximum absolute atomic E-state index is 12.7. The minimum atomic E-state index is 0. The second-order valence-corrected chi connectivity index (χ2v) is 6.86. The van der Waals surface area contributed by atoms with Crippen LogP contribution in [0.3, 0.4) is 0 Å². The molecule has 1 heterocycles. The Labute approximate surface area is 172 Å². The fourth-order valence-corrected chi connectivity index (χ4v) is 3.42. The van der Waals surface area contributed by atoms with Crippen molar-refractivity contribution in [3.8, 4) is 0 Å². The number of benzene rings is 2. The van der Waals surface area contributed by atoms with E-state index in [1.807, 2.05) is 61.5 Å². The highest BCUT2D eigenvalue weighted by atomic mass is 35.5. The van der Waals surface area contributed by atoms with Crippen molar-refractivity contribution in [1.29, 1.82) is 0 Å². The smallest absolute Gasteiger partial charge is 0.231 e. The van der Waals surface area contributed by atoms with E-state index in [4.69, 9.17) is 0 Å². The Hall–Kier alpha value is -2.37. The number of halogens is 1. The zero-order chi connectivity index (χ0) is 19.1. The highest BCUT2D eigenvalue weighted by Crippen LogP contribution is 2.18. The summed E-state index contributed by atoms with van der Waals surface area (Å²) in [7, 11) is 0. The summed E-state index contributed by atoms with van der Waals surface area (Å²) in [5.74, 6) is 0.230. The number of nitrogens with zero attached hydrogens (tertiary/aromatic N) is 1. The Morgan fingerprint density at radius 3 is 2.29 bits per heavy atom. The molecule has 6 heteroatoms. The number of likely N-dealkylation sites (N-methyl/N-ethyl adjacent to an activating group) is 1. The third-order valence-electron chi connectivity index (χ3n) is 4.97. The van der Waals surface area contributed by atoms with Crippen molar-refractivity contribution < 1.29 is 9.59 Å². The highest BCUT2D eigenvalue weighted by molar-refractivity contribution is 5.95. The molecular weight excluding hydrogens is 374 g/mol. The molecule has 2 aromatic carbocycles. The Kier molecular flexibility index (Phi) is 8.48. The lowest BCUT2D eigenvalue weighted by Gasteiger charge is -2.22. The molecule has 0 spiro atoms. The molecular formula is C22H28ClN3O2. The second kappa shape index (κ2) is 10.8. The number of amides is 2. The molecule has 1 saturated heterocycles. The van der Waals surface area contributed by atoms with Crippen molar-refractivity contribution in [3.05, 3.63) is 60.2 Å². The van der Waals surface area contributed by atoms with Gasteiger partial charge < -0.3 is 15.5 Å². The average molecular weight is 402 g/mol. The van der Waals surface area contributed by atoms with Crippen molar-refractivity contribution >= 4 is 35.6 Å². The van der Waals surface area contributed by atoms with Gasteiger partial charge in [-0.3, -0.25) is 9.59 Å². The van der Waals surface area contributed by atoms with Crippen molar-refractivity contribution in [1.82, 2.24) is 5.32 Å². The van der Waals surface area contributed by atoms with Crippen LogP contribution in [0.25, 0.3) is 0 Å². The van der Waals surface area contributed by atoms with E-state index in [1.54, 1.807) is 4.90 Å². The summed E-state index contributed by atoms with van der Waals surface area (Å²) in [5.41, 5.74) is 2.63. The summed E-state index contributed by atoms with van der Waals surface area (Å²) < 4.78 is 0. The average Bonchev–Trinajstić information content (AvgIpc) is 2.71. The van der Waals surface area contributed by atoms with Crippen molar-refractivity contribution in [2.75, 3.05) is 29.9 Å². The van der Waals surface area contributed by atoms with Gasteiger partial charge in [0.15, 0.2) is 0 Å². The largest absolute Gasteiger partial charge is 0.326 e. The van der Waals surface area contributed by atoms with Gasteiger partial charge in [-0.1, -0.05) is 30.3 Å². The van der Waals surface area contributed by atoms with Crippen molar-refractivity contribution in [3.63, 3.8) is 0 Å². The monoisotopic (exact) mass is 401 g/mol. The first kappa shape index (κ1) is 21.9. The molecule has 0 saturated carbocycles. The van der Waals surface area contributed by atoms with Gasteiger partial charge in [0.25, 0.3) is 0 Å². The zero-order valence-corrected chi connectivity index (χ0v) is 17.0. The van der Waals surface area contributed by atoms with Crippen LogP contribution in [0.4, 0.5) is 11.4 Å². The van der Waals surface area contributed by atoms with E-state index >= 15 is 0 Å². The summed E-state index contributed by atoms with van der Waals surface area (Å²) in [4.78, 5) is 26.8. The van der Waals surface area contributed by atoms with Crippen LogP contribution in [0.1, 0.15) is 25.3 Å². The summed E-state index contributed by atoms with van der Waals surface area (Å²) >= 11 is 0. The SMILES string of the molecule is CCN(C(=O)Cc1ccc(NC(=O)C2CCNCC2)cc1)c1ccccc1.Cl. The molecule has 1 aliphatic rings. The molecule has 0 aromatic heterocycles. The van der Waals surface area contributed by atoms with E-state index in [0.717, 1.165) is 42.9 Å². The Bertz CT molecular complexity index is 759. The minimum Gasteiger partial charge on any atom is -0.326 e. The van der Waals surface area contributed by atoms with Gasteiger partial charge >= 0.3 is 0 Å². The van der Waals surface area contributed by atoms with Crippen LogP contribution in [-0.2, 0) is 16.0 Å². The normalized spacial score (nSPS) is 14.0. The van der Waals surface area contributed by atoms with Gasteiger partial charge in [-0.15, -0.1) is 12.4 Å². The maximum atomic E-state index is 12.7. The number of anilines is 2. The van der Waals surface area contributed by atoms with E-state index in [-0.39, 0.29) is 30.1 Å². The topological polar surface area (TPSA) is 61.4 Å². The van der Waals surface area contributed by atoms with Gasteiger partial charge in [0.1, 0.15) is 0 Å². The highest BCUT2D eigenvalue weighted by Gasteiger charge is 2.21. The van der Waals surface area contributed by atoms with Gasteiger partial charge in [0.05, 0.1) is 6.42 Å². The van der Waals surface area contributed by atoms with Crippen LogP contribution in [-0.4, -0.2) is 31.4 Å². The van der Waals surface area contributed by atoms with E-state index in [2.05, 4.69) is 10.6 Å². The molecule has 2 amide bonds. The third kappa shape index (κ3) is 5.81. The van der Waals surface area contributed by atoms with Gasteiger partial charge in [-0.05, 0) is 62.7 Å². The van der Waals surface area contributed by atoms with Gasteiger partial charge in [-0.2, -0.15) is 0 Å². The van der Waals surface area contributed by atoms with Crippen molar-refractivity contribution in [2.24, 2.45) is 5.92 Å². The predicted octanol–water partition coefficient (Wildman–Crippen LogP) is 3.64. The molecule has 0 bridgehead atoms. The minimum absolute atomic E-state index is 0. The first-order valence-corrected chi connectivity index (χ1v) is 9.63. The number of rotatable bonds is 6. The Morgan fingerprint density at radius 2 is 1.68 bits per heavy atom. The van der Waals surface area contributed by atoms with E-state index in [0.29, 0.717) is 13.0 Å². The van der Waals surface area contributed by atoms with E-state index < -0.39 is 0 Å². The molecule has 5 nitrogen and oxygen atoms in total. The number of carbonyl (C=O) groups is 2. The molecule has 150 valence electrons. The van der Waals surface area contributed by atoms with Crippen LogP contribution in [0.2, 0.25) is 0 Å². The molecule has 0 radical (unpaired) electrons. The summed E-state index contributed by atoms with van der Waals surface area (Å²) in [6, 6.07) is 17.3. The molecule has 28 heavy (non-hydrogen) atoms. The summed E-state index contributed by atoms with van der Waals surface area (Å²) in [5, 5.41) is 6.26. The number of carbonyl (C=O) groups excluding carboxylic acids is 2. The fourth-order valence-electron chi connectivity index (χ4n) is 3.42. The summed E-state index contributed by atoms with van der Waals surface area (Å²) in [6.07, 6.45) is 2.10. The lowest BCUT2D eigenvalue weighted by atomic mass is 9.97. The number of piperidine rings is 1. The molecule has 1 aliphatic heterocycles. The van der Waals surface area contributed by atoms with Gasteiger partial charge in [0.2, 0.25) is 11.8 Å². The van der Waals surface area contributed by atoms with Crippen molar-refractivity contribution in [2.45, 2.75) is 26.2 Å². The van der Waals surface area contributed by atoms with Crippen LogP contribution < -0.4 is 15.5 Å². The first-order chi connectivity index (χ1) is 13.2. The molecule has 0 unspecified atom stereocenters. The number of hydrogen-bond donors (Lipinski definition) is 2. The Morgan fingerprint density at radius 1 is 1.04 bits per heavy atom.